The molecule has 2 aromatic rings. The van der Waals surface area contributed by atoms with E-state index in [4.69, 9.17) is 10.5 Å². The molecule has 1 heterocycles. The number of rotatable bonds is 2. The predicted molar refractivity (Wildman–Crippen MR) is 78.0 cm³/mol. The van der Waals surface area contributed by atoms with E-state index in [1.165, 1.54) is 16.7 Å². The van der Waals surface area contributed by atoms with Crippen LogP contribution in [0.5, 0.6) is 0 Å². The van der Waals surface area contributed by atoms with Gasteiger partial charge in [0.25, 0.3) is 0 Å². The third kappa shape index (κ3) is 2.70. The van der Waals surface area contributed by atoms with Gasteiger partial charge in [-0.3, -0.25) is 0 Å². The second kappa shape index (κ2) is 5.55. The monoisotopic (exact) mass is 253 g/mol. The fourth-order valence-electron chi connectivity index (χ4n) is 2.65. The minimum absolute atomic E-state index is 0.219. The van der Waals surface area contributed by atoms with Crippen LogP contribution >= 0.6 is 0 Å². The van der Waals surface area contributed by atoms with Crippen molar-refractivity contribution in [1.82, 2.24) is 0 Å². The molecule has 2 unspecified atom stereocenters. The Kier molecular flexibility index (Phi) is 3.62. The van der Waals surface area contributed by atoms with Gasteiger partial charge in [0.15, 0.2) is 0 Å². The lowest BCUT2D eigenvalue weighted by Crippen LogP contribution is -2.36. The van der Waals surface area contributed by atoms with Gasteiger partial charge in [0.1, 0.15) is 0 Å². The van der Waals surface area contributed by atoms with Crippen molar-refractivity contribution in [1.29, 1.82) is 0 Å². The zero-order valence-electron chi connectivity index (χ0n) is 11.0. The van der Waals surface area contributed by atoms with Crippen LogP contribution in [0.25, 0.3) is 11.1 Å². The highest BCUT2D eigenvalue weighted by Gasteiger charge is 2.23. The van der Waals surface area contributed by atoms with Gasteiger partial charge >= 0.3 is 0 Å². The van der Waals surface area contributed by atoms with Gasteiger partial charge in [-0.05, 0) is 23.1 Å². The van der Waals surface area contributed by atoms with E-state index in [0.29, 0.717) is 5.92 Å². The van der Waals surface area contributed by atoms with Crippen molar-refractivity contribution in [2.45, 2.75) is 18.4 Å². The van der Waals surface area contributed by atoms with Crippen molar-refractivity contribution < 1.29 is 4.74 Å². The quantitative estimate of drug-likeness (QED) is 0.892. The molecule has 1 aliphatic heterocycles. The molecule has 2 aromatic carbocycles. The minimum atomic E-state index is 0.219. The Balaban J connectivity index is 1.83. The summed E-state index contributed by atoms with van der Waals surface area (Å²) in [5.74, 6) is 0.332. The van der Waals surface area contributed by atoms with Gasteiger partial charge in [0.05, 0.1) is 6.61 Å². The molecule has 19 heavy (non-hydrogen) atoms. The van der Waals surface area contributed by atoms with Crippen LogP contribution in [0.1, 0.15) is 17.9 Å². The van der Waals surface area contributed by atoms with E-state index < -0.39 is 0 Å². The zero-order chi connectivity index (χ0) is 13.1. The van der Waals surface area contributed by atoms with Crippen LogP contribution in [-0.2, 0) is 4.74 Å². The van der Waals surface area contributed by atoms with E-state index in [0.717, 1.165) is 19.6 Å². The Bertz CT molecular complexity index is 521. The van der Waals surface area contributed by atoms with Crippen molar-refractivity contribution in [2.75, 3.05) is 13.2 Å². The molecule has 1 fully saturated rings. The average molecular weight is 253 g/mol. The van der Waals surface area contributed by atoms with E-state index in [1.54, 1.807) is 0 Å². The van der Waals surface area contributed by atoms with Crippen molar-refractivity contribution in [3.8, 4) is 11.1 Å². The van der Waals surface area contributed by atoms with Gasteiger partial charge in [-0.1, -0.05) is 54.6 Å². The van der Waals surface area contributed by atoms with Crippen molar-refractivity contribution in [3.63, 3.8) is 0 Å². The van der Waals surface area contributed by atoms with Crippen LogP contribution in [0, 0.1) is 0 Å². The Labute approximate surface area is 114 Å². The first-order valence-electron chi connectivity index (χ1n) is 6.83. The Morgan fingerprint density at radius 3 is 2.26 bits per heavy atom. The van der Waals surface area contributed by atoms with Crippen LogP contribution < -0.4 is 5.73 Å². The standard InChI is InChI=1S/C17H19NO/c18-17-10-11-19-12-16(17)15-8-6-14(7-9-15)13-4-2-1-3-5-13/h1-9,16-17H,10-12,18H2. The van der Waals surface area contributed by atoms with E-state index in [9.17, 15) is 0 Å². The topological polar surface area (TPSA) is 35.2 Å². The zero-order valence-corrected chi connectivity index (χ0v) is 11.0. The Morgan fingerprint density at radius 2 is 1.58 bits per heavy atom. The third-order valence-electron chi connectivity index (χ3n) is 3.86. The molecule has 1 saturated heterocycles. The molecule has 0 radical (unpaired) electrons. The SMILES string of the molecule is NC1CCOCC1c1ccc(-c2ccccc2)cc1. The normalized spacial score (nSPS) is 23.2. The molecule has 2 N–H and O–H groups in total. The summed E-state index contributed by atoms with van der Waals surface area (Å²) in [6.07, 6.45) is 0.950. The van der Waals surface area contributed by atoms with Crippen molar-refractivity contribution in [2.24, 2.45) is 5.73 Å². The lowest BCUT2D eigenvalue weighted by molar-refractivity contribution is 0.0691. The van der Waals surface area contributed by atoms with Gasteiger partial charge in [-0.25, -0.2) is 0 Å². The van der Waals surface area contributed by atoms with Crippen LogP contribution in [0.2, 0.25) is 0 Å². The highest BCUT2D eigenvalue weighted by molar-refractivity contribution is 5.63. The largest absolute Gasteiger partial charge is 0.381 e. The molecule has 0 bridgehead atoms. The lowest BCUT2D eigenvalue weighted by atomic mass is 9.88. The third-order valence-corrected chi connectivity index (χ3v) is 3.86. The van der Waals surface area contributed by atoms with Gasteiger partial charge in [-0.2, -0.15) is 0 Å². The fourth-order valence-corrected chi connectivity index (χ4v) is 2.65. The maximum absolute atomic E-state index is 6.18. The first-order chi connectivity index (χ1) is 9.34. The second-order valence-electron chi connectivity index (χ2n) is 5.12. The van der Waals surface area contributed by atoms with Crippen LogP contribution in [-0.4, -0.2) is 19.3 Å². The fraction of sp³-hybridized carbons (Fsp3) is 0.294. The maximum Gasteiger partial charge on any atom is 0.0549 e. The summed E-state index contributed by atoms with van der Waals surface area (Å²) in [6, 6.07) is 19.4. The molecule has 0 saturated carbocycles. The number of hydrogen-bond acceptors (Lipinski definition) is 2. The van der Waals surface area contributed by atoms with Crippen LogP contribution in [0.4, 0.5) is 0 Å². The molecule has 0 aliphatic carbocycles. The molecule has 2 atom stereocenters. The molecule has 0 amide bonds. The summed E-state index contributed by atoms with van der Waals surface area (Å²) in [5, 5.41) is 0. The molecular weight excluding hydrogens is 234 g/mol. The van der Waals surface area contributed by atoms with Gasteiger partial charge in [-0.15, -0.1) is 0 Å². The molecule has 0 spiro atoms. The van der Waals surface area contributed by atoms with Crippen molar-refractivity contribution >= 4 is 0 Å². The molecule has 2 nitrogen and oxygen atoms in total. The van der Waals surface area contributed by atoms with E-state index in [2.05, 4.69) is 48.5 Å². The van der Waals surface area contributed by atoms with Gasteiger partial charge in [0.2, 0.25) is 0 Å². The molecule has 98 valence electrons. The summed E-state index contributed by atoms with van der Waals surface area (Å²) < 4.78 is 5.54. The summed E-state index contributed by atoms with van der Waals surface area (Å²) in [6.45, 7) is 1.53. The molecular formula is C17H19NO. The van der Waals surface area contributed by atoms with Crippen LogP contribution in [0.15, 0.2) is 54.6 Å². The highest BCUT2D eigenvalue weighted by atomic mass is 16.5. The van der Waals surface area contributed by atoms with Gasteiger partial charge < -0.3 is 10.5 Å². The first-order valence-corrected chi connectivity index (χ1v) is 6.83. The Morgan fingerprint density at radius 1 is 0.895 bits per heavy atom. The molecule has 0 aromatic heterocycles. The van der Waals surface area contributed by atoms with E-state index in [-0.39, 0.29) is 6.04 Å². The summed E-state index contributed by atoms with van der Waals surface area (Å²) in [4.78, 5) is 0. The molecule has 1 aliphatic rings. The van der Waals surface area contributed by atoms with Crippen molar-refractivity contribution in [3.05, 3.63) is 60.2 Å². The Hall–Kier alpha value is -1.64. The second-order valence-corrected chi connectivity index (χ2v) is 5.12. The number of ether oxygens (including phenoxy) is 1. The van der Waals surface area contributed by atoms with Crippen LogP contribution in [0.3, 0.4) is 0 Å². The minimum Gasteiger partial charge on any atom is -0.381 e. The molecule has 3 rings (SSSR count). The number of nitrogens with two attached hydrogens (primary N) is 1. The van der Waals surface area contributed by atoms with E-state index >= 15 is 0 Å². The lowest BCUT2D eigenvalue weighted by Gasteiger charge is -2.29. The number of hydrogen-bond donors (Lipinski definition) is 1. The average Bonchev–Trinajstić information content (AvgIpc) is 2.49. The van der Waals surface area contributed by atoms with E-state index in [1.807, 2.05) is 6.07 Å². The number of benzene rings is 2. The summed E-state index contributed by atoms with van der Waals surface area (Å²) in [7, 11) is 0. The predicted octanol–water partition coefficient (Wildman–Crippen LogP) is 3.18. The summed E-state index contributed by atoms with van der Waals surface area (Å²) >= 11 is 0. The van der Waals surface area contributed by atoms with Gasteiger partial charge in [0, 0.05) is 18.6 Å². The smallest absolute Gasteiger partial charge is 0.0549 e. The highest BCUT2D eigenvalue weighted by Crippen LogP contribution is 2.27. The molecule has 2 heteroatoms. The summed E-state index contributed by atoms with van der Waals surface area (Å²) in [5.41, 5.74) is 9.96. The first kappa shape index (κ1) is 12.4. The maximum atomic E-state index is 6.18.